The van der Waals surface area contributed by atoms with Crippen molar-refractivity contribution in [2.45, 2.75) is 70.1 Å². The molecule has 0 radical (unpaired) electrons. The summed E-state index contributed by atoms with van der Waals surface area (Å²) in [6.45, 7) is 11.0. The lowest BCUT2D eigenvalue weighted by Gasteiger charge is -2.20. The minimum atomic E-state index is -3.67. The van der Waals surface area contributed by atoms with Crippen LogP contribution >= 0.6 is 22.7 Å². The smallest absolute Gasteiger partial charge is 0.243 e. The molecule has 1 amide bonds. The fourth-order valence-electron chi connectivity index (χ4n) is 5.03. The Balaban J connectivity index is 1.30. The highest BCUT2D eigenvalue weighted by Crippen LogP contribution is 2.28. The number of amides is 1. The van der Waals surface area contributed by atoms with E-state index in [2.05, 4.69) is 10.3 Å². The first kappa shape index (κ1) is 36.8. The summed E-state index contributed by atoms with van der Waals surface area (Å²) in [7, 11) is -7.18. The van der Waals surface area contributed by atoms with Gasteiger partial charge in [-0.15, -0.1) is 22.7 Å². The molecule has 254 valence electrons. The van der Waals surface area contributed by atoms with Crippen LogP contribution in [0.3, 0.4) is 0 Å². The van der Waals surface area contributed by atoms with Crippen LogP contribution in [0.4, 0.5) is 5.13 Å². The summed E-state index contributed by atoms with van der Waals surface area (Å²) >= 11 is 2.88. The van der Waals surface area contributed by atoms with Crippen LogP contribution in [0.1, 0.15) is 58.9 Å². The van der Waals surface area contributed by atoms with Gasteiger partial charge >= 0.3 is 0 Å². The monoisotopic (exact) mass is 717 g/mol. The molecule has 4 rings (SSSR count). The summed E-state index contributed by atoms with van der Waals surface area (Å²) < 4.78 is 55.3. The standard InChI is InChI=1S/C33H43N5O5S4/c1-6-37(7-2)46(40,41)27-16-12-25(13-17-27)29-22-44-32(34-29)11-9-10-20-38(8-3)47(42,43)28-18-14-26(15-19-28)30-23-45-33(35-30)36-31(39)21-24(4)5/h12-19,22-24H,6-11,20-21H2,1-5H3,(H,35,36,39). The van der Waals surface area contributed by atoms with E-state index in [1.54, 1.807) is 59.9 Å². The first-order chi connectivity index (χ1) is 22.4. The average Bonchev–Trinajstić information content (AvgIpc) is 3.71. The SMILES string of the molecule is CCN(CC)S(=O)(=O)c1ccc(-c2csc(CCCCN(CC)S(=O)(=O)c3ccc(-c4csc(NC(=O)CC(C)C)n4)cc3)n2)cc1. The molecular weight excluding hydrogens is 675 g/mol. The minimum absolute atomic E-state index is 0.0771. The molecule has 0 aliphatic heterocycles. The van der Waals surface area contributed by atoms with Crippen LogP contribution < -0.4 is 5.32 Å². The maximum Gasteiger partial charge on any atom is 0.243 e. The first-order valence-electron chi connectivity index (χ1n) is 15.8. The number of carbonyl (C=O) groups is 1. The molecule has 0 bridgehead atoms. The van der Waals surface area contributed by atoms with E-state index in [-0.39, 0.29) is 21.6 Å². The predicted molar refractivity (Wildman–Crippen MR) is 191 cm³/mol. The molecule has 10 nitrogen and oxygen atoms in total. The highest BCUT2D eigenvalue weighted by atomic mass is 32.2. The number of rotatable bonds is 17. The van der Waals surface area contributed by atoms with Gasteiger partial charge in [0.1, 0.15) is 0 Å². The number of nitrogens with one attached hydrogen (secondary N) is 1. The van der Waals surface area contributed by atoms with Gasteiger partial charge in [-0.25, -0.2) is 26.8 Å². The highest BCUT2D eigenvalue weighted by molar-refractivity contribution is 7.89. The minimum Gasteiger partial charge on any atom is -0.302 e. The third kappa shape index (κ3) is 9.33. The zero-order chi connectivity index (χ0) is 34.2. The number of benzene rings is 2. The second-order valence-corrected chi connectivity index (χ2v) is 17.1. The number of hydrogen-bond acceptors (Lipinski definition) is 9. The van der Waals surface area contributed by atoms with Crippen LogP contribution in [-0.4, -0.2) is 67.5 Å². The van der Waals surface area contributed by atoms with Gasteiger partial charge in [0.2, 0.25) is 26.0 Å². The summed E-state index contributed by atoms with van der Waals surface area (Å²) in [6.07, 6.45) is 2.60. The van der Waals surface area contributed by atoms with Crippen molar-refractivity contribution in [1.29, 1.82) is 0 Å². The number of aryl methyl sites for hydroxylation is 1. The number of nitrogens with zero attached hydrogens (tertiary/aromatic N) is 4. The number of carbonyl (C=O) groups excluding carboxylic acids is 1. The molecule has 47 heavy (non-hydrogen) atoms. The lowest BCUT2D eigenvalue weighted by molar-refractivity contribution is -0.116. The zero-order valence-corrected chi connectivity index (χ0v) is 30.7. The zero-order valence-electron chi connectivity index (χ0n) is 27.5. The Kier molecular flexibility index (Phi) is 12.8. The Labute approximate surface area is 287 Å². The van der Waals surface area contributed by atoms with Crippen molar-refractivity contribution < 1.29 is 21.6 Å². The van der Waals surface area contributed by atoms with Gasteiger partial charge in [0.05, 0.1) is 26.2 Å². The summed E-state index contributed by atoms with van der Waals surface area (Å²) in [5.74, 6) is 0.175. The number of unbranched alkanes of at least 4 members (excludes halogenated alkanes) is 1. The molecule has 0 atom stereocenters. The average molecular weight is 718 g/mol. The molecule has 1 N–H and O–H groups in total. The van der Waals surface area contributed by atoms with Crippen molar-refractivity contribution in [3.63, 3.8) is 0 Å². The van der Waals surface area contributed by atoms with Gasteiger partial charge in [-0.2, -0.15) is 8.61 Å². The molecule has 0 spiro atoms. The van der Waals surface area contributed by atoms with E-state index in [1.165, 1.54) is 19.9 Å². The van der Waals surface area contributed by atoms with Crippen molar-refractivity contribution in [3.8, 4) is 22.5 Å². The topological polar surface area (TPSA) is 130 Å². The quantitative estimate of drug-likeness (QED) is 0.117. The maximum atomic E-state index is 13.4. The lowest BCUT2D eigenvalue weighted by atomic mass is 10.1. The van der Waals surface area contributed by atoms with Crippen molar-refractivity contribution in [2.75, 3.05) is 31.5 Å². The van der Waals surface area contributed by atoms with Gasteiger partial charge in [0, 0.05) is 54.5 Å². The van der Waals surface area contributed by atoms with Gasteiger partial charge < -0.3 is 5.32 Å². The van der Waals surface area contributed by atoms with E-state index in [0.717, 1.165) is 34.7 Å². The summed E-state index contributed by atoms with van der Waals surface area (Å²) in [6, 6.07) is 13.5. The van der Waals surface area contributed by atoms with E-state index >= 15 is 0 Å². The normalized spacial score (nSPS) is 12.3. The Morgan fingerprint density at radius 2 is 1.26 bits per heavy atom. The third-order valence-electron chi connectivity index (χ3n) is 7.58. The maximum absolute atomic E-state index is 13.4. The number of anilines is 1. The summed E-state index contributed by atoms with van der Waals surface area (Å²) in [4.78, 5) is 21.8. The van der Waals surface area contributed by atoms with Crippen molar-refractivity contribution >= 4 is 53.8 Å². The van der Waals surface area contributed by atoms with Gasteiger partial charge in [-0.3, -0.25) is 4.79 Å². The molecule has 2 aromatic heterocycles. The molecule has 2 heterocycles. The Morgan fingerprint density at radius 3 is 1.79 bits per heavy atom. The van der Waals surface area contributed by atoms with Crippen LogP contribution in [0.25, 0.3) is 22.5 Å². The van der Waals surface area contributed by atoms with E-state index < -0.39 is 20.0 Å². The van der Waals surface area contributed by atoms with E-state index in [1.807, 2.05) is 45.4 Å². The summed E-state index contributed by atoms with van der Waals surface area (Å²) in [5.41, 5.74) is 3.10. The van der Waals surface area contributed by atoms with Crippen molar-refractivity contribution in [1.82, 2.24) is 18.6 Å². The molecule has 0 fully saturated rings. The van der Waals surface area contributed by atoms with Gasteiger partial charge in [-0.1, -0.05) is 58.9 Å². The van der Waals surface area contributed by atoms with Crippen LogP contribution in [-0.2, 0) is 31.3 Å². The van der Waals surface area contributed by atoms with Gasteiger partial charge in [-0.05, 0) is 49.4 Å². The van der Waals surface area contributed by atoms with Crippen LogP contribution in [0.15, 0.2) is 69.1 Å². The number of thiazole rings is 2. The predicted octanol–water partition coefficient (Wildman–Crippen LogP) is 6.98. The molecule has 2 aromatic carbocycles. The van der Waals surface area contributed by atoms with Crippen LogP contribution in [0.5, 0.6) is 0 Å². The number of sulfonamides is 2. The van der Waals surface area contributed by atoms with E-state index in [0.29, 0.717) is 49.8 Å². The van der Waals surface area contributed by atoms with E-state index in [4.69, 9.17) is 4.98 Å². The molecule has 4 aromatic rings. The second kappa shape index (κ2) is 16.4. The molecule has 0 aliphatic rings. The van der Waals surface area contributed by atoms with Crippen LogP contribution in [0.2, 0.25) is 0 Å². The first-order valence-corrected chi connectivity index (χ1v) is 20.4. The van der Waals surface area contributed by atoms with Crippen LogP contribution in [0, 0.1) is 5.92 Å². The molecule has 0 aliphatic carbocycles. The summed E-state index contributed by atoms with van der Waals surface area (Å²) in [5, 5.41) is 8.10. The number of hydrogen-bond donors (Lipinski definition) is 1. The third-order valence-corrected chi connectivity index (χ3v) is 13.3. The van der Waals surface area contributed by atoms with Crippen molar-refractivity contribution in [2.24, 2.45) is 5.92 Å². The Morgan fingerprint density at radius 1 is 0.745 bits per heavy atom. The highest BCUT2D eigenvalue weighted by Gasteiger charge is 2.24. The second-order valence-electron chi connectivity index (χ2n) is 11.4. The van der Waals surface area contributed by atoms with Gasteiger partial charge in [0.25, 0.3) is 0 Å². The molecule has 0 saturated heterocycles. The van der Waals surface area contributed by atoms with E-state index in [9.17, 15) is 21.6 Å². The molecule has 0 saturated carbocycles. The fraction of sp³-hybridized carbons (Fsp3) is 0.424. The fourth-order valence-corrected chi connectivity index (χ4v) is 9.56. The molecule has 0 unspecified atom stereocenters. The lowest BCUT2D eigenvalue weighted by Crippen LogP contribution is -2.31. The number of aromatic nitrogens is 2. The Hall–Kier alpha value is -3.01. The Bertz CT molecular complexity index is 1830. The molecular formula is C33H43N5O5S4. The van der Waals surface area contributed by atoms with Gasteiger partial charge in [0.15, 0.2) is 5.13 Å². The molecule has 14 heteroatoms. The van der Waals surface area contributed by atoms with Crippen molar-refractivity contribution in [3.05, 3.63) is 64.3 Å². The largest absolute Gasteiger partial charge is 0.302 e.